The highest BCUT2D eigenvalue weighted by atomic mass is 15.0. The molecule has 140 valence electrons. The Morgan fingerprint density at radius 1 is 0.750 bits per heavy atom. The molecule has 1 unspecified atom stereocenters. The van der Waals surface area contributed by atoms with E-state index in [0.29, 0.717) is 0 Å². The first-order valence-corrected chi connectivity index (χ1v) is 9.77. The Morgan fingerprint density at radius 2 is 1.46 bits per heavy atom. The van der Waals surface area contributed by atoms with Crippen LogP contribution in [0.3, 0.4) is 0 Å². The van der Waals surface area contributed by atoms with Crippen LogP contribution in [0.2, 0.25) is 0 Å². The predicted octanol–water partition coefficient (Wildman–Crippen LogP) is 5.27. The summed E-state index contributed by atoms with van der Waals surface area (Å²) in [5, 5.41) is 4.55. The molecule has 0 saturated heterocycles. The highest BCUT2D eigenvalue weighted by molar-refractivity contribution is 5.80. The summed E-state index contributed by atoms with van der Waals surface area (Å²) in [4.78, 5) is 4.64. The zero-order chi connectivity index (χ0) is 19.2. The summed E-state index contributed by atoms with van der Waals surface area (Å²) in [5.74, 6) is 0.901. The van der Waals surface area contributed by atoms with E-state index in [-0.39, 0.29) is 6.04 Å². The Labute approximate surface area is 166 Å². The molecule has 0 saturated carbocycles. The number of nitrogens with zero attached hydrogens (tertiary/aromatic N) is 1. The van der Waals surface area contributed by atoms with E-state index < -0.39 is 0 Å². The summed E-state index contributed by atoms with van der Waals surface area (Å²) in [7, 11) is 0. The van der Waals surface area contributed by atoms with Crippen LogP contribution in [-0.2, 0) is 6.42 Å². The second-order valence-corrected chi connectivity index (χ2v) is 7.13. The quantitative estimate of drug-likeness (QED) is 0.468. The Morgan fingerprint density at radius 3 is 2.29 bits per heavy atom. The minimum atomic E-state index is 0.121. The lowest BCUT2D eigenvalue weighted by molar-refractivity contribution is 0.629. The van der Waals surface area contributed by atoms with Gasteiger partial charge in [0, 0.05) is 18.0 Å². The first-order chi connectivity index (χ1) is 13.8. The van der Waals surface area contributed by atoms with Gasteiger partial charge in [0.25, 0.3) is 0 Å². The molecule has 0 fully saturated rings. The normalized spacial score (nSPS) is 12.0. The van der Waals surface area contributed by atoms with E-state index >= 15 is 0 Å². The van der Waals surface area contributed by atoms with Gasteiger partial charge in [0.05, 0.1) is 5.52 Å². The molecule has 4 rings (SSSR count). The molecule has 3 aromatic carbocycles. The maximum Gasteiger partial charge on any atom is 0.126 e. The second kappa shape index (κ2) is 8.68. The number of pyridine rings is 1. The van der Waals surface area contributed by atoms with Crippen molar-refractivity contribution in [3.63, 3.8) is 0 Å². The Balaban J connectivity index is 1.28. The average molecular weight is 367 g/mol. The van der Waals surface area contributed by atoms with Crippen LogP contribution < -0.4 is 11.1 Å². The lowest BCUT2D eigenvalue weighted by Crippen LogP contribution is -2.25. The summed E-state index contributed by atoms with van der Waals surface area (Å²) in [6.45, 7) is 0.814. The molecule has 1 aromatic heterocycles. The number of rotatable bonds is 7. The third kappa shape index (κ3) is 4.56. The fraction of sp³-hybridized carbons (Fsp3) is 0.160. The SMILES string of the molecule is NC(CCNc1ccc2ccccc2n1)Cc1ccc(-c2ccccc2)cc1. The van der Waals surface area contributed by atoms with E-state index in [0.717, 1.165) is 36.1 Å². The number of anilines is 1. The number of nitrogens with one attached hydrogen (secondary N) is 1. The first kappa shape index (κ1) is 18.2. The predicted molar refractivity (Wildman–Crippen MR) is 118 cm³/mol. The van der Waals surface area contributed by atoms with E-state index in [2.05, 4.69) is 71.0 Å². The number of para-hydroxylation sites is 1. The van der Waals surface area contributed by atoms with E-state index in [9.17, 15) is 0 Å². The van der Waals surface area contributed by atoms with Crippen molar-refractivity contribution in [3.05, 3.63) is 96.6 Å². The summed E-state index contributed by atoms with van der Waals surface area (Å²) < 4.78 is 0. The van der Waals surface area contributed by atoms with Crippen LogP contribution in [-0.4, -0.2) is 17.6 Å². The van der Waals surface area contributed by atoms with Gasteiger partial charge in [-0.2, -0.15) is 0 Å². The Kier molecular flexibility index (Phi) is 5.64. The molecular weight excluding hydrogens is 342 g/mol. The van der Waals surface area contributed by atoms with Gasteiger partial charge in [-0.05, 0) is 47.7 Å². The summed E-state index contributed by atoms with van der Waals surface area (Å²) in [6, 6.07) is 31.5. The monoisotopic (exact) mass is 367 g/mol. The molecule has 0 spiro atoms. The number of hydrogen-bond donors (Lipinski definition) is 2. The van der Waals surface area contributed by atoms with Crippen molar-refractivity contribution in [3.8, 4) is 11.1 Å². The summed E-state index contributed by atoms with van der Waals surface area (Å²) in [5.41, 5.74) is 11.1. The van der Waals surface area contributed by atoms with Crippen molar-refractivity contribution < 1.29 is 0 Å². The smallest absolute Gasteiger partial charge is 0.126 e. The van der Waals surface area contributed by atoms with Crippen molar-refractivity contribution in [2.45, 2.75) is 18.9 Å². The third-order valence-electron chi connectivity index (χ3n) is 4.98. The second-order valence-electron chi connectivity index (χ2n) is 7.13. The maximum absolute atomic E-state index is 6.35. The van der Waals surface area contributed by atoms with Gasteiger partial charge in [-0.25, -0.2) is 4.98 Å². The van der Waals surface area contributed by atoms with Gasteiger partial charge in [0.15, 0.2) is 0 Å². The molecule has 3 N–H and O–H groups in total. The van der Waals surface area contributed by atoms with Gasteiger partial charge < -0.3 is 11.1 Å². The van der Waals surface area contributed by atoms with Gasteiger partial charge in [0.2, 0.25) is 0 Å². The van der Waals surface area contributed by atoms with Gasteiger partial charge in [-0.3, -0.25) is 0 Å². The molecule has 3 heteroatoms. The van der Waals surface area contributed by atoms with E-state index in [4.69, 9.17) is 5.73 Å². The molecule has 3 nitrogen and oxygen atoms in total. The highest BCUT2D eigenvalue weighted by Crippen LogP contribution is 2.20. The van der Waals surface area contributed by atoms with E-state index in [1.165, 1.54) is 16.7 Å². The molecule has 0 aliphatic rings. The molecule has 1 atom stereocenters. The molecular formula is C25H25N3. The van der Waals surface area contributed by atoms with Crippen LogP contribution >= 0.6 is 0 Å². The first-order valence-electron chi connectivity index (χ1n) is 9.77. The van der Waals surface area contributed by atoms with Crippen LogP contribution in [0.4, 0.5) is 5.82 Å². The number of hydrogen-bond acceptors (Lipinski definition) is 3. The fourth-order valence-corrected chi connectivity index (χ4v) is 3.42. The van der Waals surface area contributed by atoms with Gasteiger partial charge in [-0.1, -0.05) is 72.8 Å². The summed E-state index contributed by atoms with van der Waals surface area (Å²) >= 11 is 0. The largest absolute Gasteiger partial charge is 0.370 e. The molecule has 0 aliphatic heterocycles. The number of fused-ring (bicyclic) bond motifs is 1. The lowest BCUT2D eigenvalue weighted by Gasteiger charge is -2.13. The minimum absolute atomic E-state index is 0.121. The summed E-state index contributed by atoms with van der Waals surface area (Å²) in [6.07, 6.45) is 1.77. The van der Waals surface area contributed by atoms with Crippen LogP contribution in [0.25, 0.3) is 22.0 Å². The minimum Gasteiger partial charge on any atom is -0.370 e. The lowest BCUT2D eigenvalue weighted by atomic mass is 10.00. The highest BCUT2D eigenvalue weighted by Gasteiger charge is 2.06. The molecule has 1 heterocycles. The third-order valence-corrected chi connectivity index (χ3v) is 4.98. The Hall–Kier alpha value is -3.17. The maximum atomic E-state index is 6.35. The number of aromatic nitrogens is 1. The molecule has 0 bridgehead atoms. The van der Waals surface area contributed by atoms with Crippen LogP contribution in [0.5, 0.6) is 0 Å². The molecule has 0 amide bonds. The van der Waals surface area contributed by atoms with Crippen molar-refractivity contribution in [1.82, 2.24) is 4.98 Å². The van der Waals surface area contributed by atoms with Crippen molar-refractivity contribution in [2.75, 3.05) is 11.9 Å². The van der Waals surface area contributed by atoms with Crippen molar-refractivity contribution >= 4 is 16.7 Å². The molecule has 0 radical (unpaired) electrons. The Bertz CT molecular complexity index is 1030. The molecule has 28 heavy (non-hydrogen) atoms. The van der Waals surface area contributed by atoms with Crippen molar-refractivity contribution in [2.24, 2.45) is 5.73 Å². The van der Waals surface area contributed by atoms with Gasteiger partial charge in [0.1, 0.15) is 5.82 Å². The fourth-order valence-electron chi connectivity index (χ4n) is 3.42. The van der Waals surface area contributed by atoms with E-state index in [1.807, 2.05) is 30.3 Å². The van der Waals surface area contributed by atoms with Crippen LogP contribution in [0, 0.1) is 0 Å². The molecule has 4 aromatic rings. The standard InChI is InChI=1S/C25H25N3/c26-23(16-17-27-25-15-14-22-8-4-5-9-24(22)28-25)18-19-10-12-21(13-11-19)20-6-2-1-3-7-20/h1-15,23H,16-18,26H2,(H,27,28). The van der Waals surface area contributed by atoms with Crippen molar-refractivity contribution in [1.29, 1.82) is 0 Å². The zero-order valence-corrected chi connectivity index (χ0v) is 15.9. The topological polar surface area (TPSA) is 50.9 Å². The number of nitrogens with two attached hydrogens (primary N) is 1. The van der Waals surface area contributed by atoms with Gasteiger partial charge >= 0.3 is 0 Å². The zero-order valence-electron chi connectivity index (χ0n) is 15.9. The van der Waals surface area contributed by atoms with Crippen LogP contribution in [0.1, 0.15) is 12.0 Å². The average Bonchev–Trinajstić information content (AvgIpc) is 2.75. The van der Waals surface area contributed by atoms with Gasteiger partial charge in [-0.15, -0.1) is 0 Å². The number of benzene rings is 3. The van der Waals surface area contributed by atoms with Crippen LogP contribution in [0.15, 0.2) is 91.0 Å². The molecule has 0 aliphatic carbocycles. The van der Waals surface area contributed by atoms with E-state index in [1.54, 1.807) is 0 Å².